The first-order valence-electron chi connectivity index (χ1n) is 10.1. The van der Waals surface area contributed by atoms with E-state index < -0.39 is 10.0 Å². The number of thiophene rings is 1. The van der Waals surface area contributed by atoms with Gasteiger partial charge in [0, 0.05) is 44.0 Å². The Balaban J connectivity index is 0.00000320. The average molecular weight is 563 g/mol. The largest absolute Gasteiger partial charge is 0.356 e. The summed E-state index contributed by atoms with van der Waals surface area (Å²) < 4.78 is 27.1. The van der Waals surface area contributed by atoms with Gasteiger partial charge in [0.15, 0.2) is 5.96 Å². The van der Waals surface area contributed by atoms with E-state index in [4.69, 9.17) is 0 Å². The molecule has 1 saturated heterocycles. The molecule has 2 aromatic rings. The standard InChI is InChI=1S/C21H30N4O2S2.HI/c1-17(20-7-6-14-28-20)15-23-21(22-2)24-16-18-8-10-19(11-9-18)29(26,27)25-12-4-3-5-13-25;/h6-11,14,17H,3-5,12-13,15-16H2,1-2H3,(H2,22,23,24);1H. The summed E-state index contributed by atoms with van der Waals surface area (Å²) in [4.78, 5) is 5.99. The van der Waals surface area contributed by atoms with Crippen LogP contribution in [0.4, 0.5) is 0 Å². The summed E-state index contributed by atoms with van der Waals surface area (Å²) in [5.74, 6) is 1.14. The van der Waals surface area contributed by atoms with E-state index in [0.29, 0.717) is 30.4 Å². The molecule has 1 aliphatic rings. The molecular formula is C21H31IN4O2S2. The Hall–Kier alpha value is -1.17. The number of aliphatic imine (C=N–C) groups is 1. The number of nitrogens with zero attached hydrogens (tertiary/aromatic N) is 2. The van der Waals surface area contributed by atoms with Crippen LogP contribution >= 0.6 is 35.3 Å². The maximum atomic E-state index is 12.7. The van der Waals surface area contributed by atoms with Gasteiger partial charge in [-0.3, -0.25) is 4.99 Å². The van der Waals surface area contributed by atoms with Crippen molar-refractivity contribution < 1.29 is 8.42 Å². The van der Waals surface area contributed by atoms with Crippen molar-refractivity contribution in [3.05, 3.63) is 52.2 Å². The minimum Gasteiger partial charge on any atom is -0.356 e. The van der Waals surface area contributed by atoms with Crippen molar-refractivity contribution >= 4 is 51.3 Å². The zero-order valence-corrected chi connectivity index (χ0v) is 21.5. The maximum Gasteiger partial charge on any atom is 0.243 e. The Bertz CT molecular complexity index is 894. The summed E-state index contributed by atoms with van der Waals surface area (Å²) in [5, 5.41) is 8.73. The molecule has 1 unspecified atom stereocenters. The SMILES string of the molecule is CN=C(NCc1ccc(S(=O)(=O)N2CCCCC2)cc1)NCC(C)c1cccs1.I. The van der Waals surface area contributed by atoms with Crippen molar-refractivity contribution in [1.82, 2.24) is 14.9 Å². The third kappa shape index (κ3) is 6.66. The van der Waals surface area contributed by atoms with E-state index >= 15 is 0 Å². The van der Waals surface area contributed by atoms with Gasteiger partial charge in [-0.25, -0.2) is 8.42 Å². The quantitative estimate of drug-likeness (QED) is 0.304. The first-order chi connectivity index (χ1) is 14.0. The topological polar surface area (TPSA) is 73.8 Å². The molecule has 1 atom stereocenters. The summed E-state index contributed by atoms with van der Waals surface area (Å²) >= 11 is 1.76. The molecule has 1 aromatic heterocycles. The van der Waals surface area contributed by atoms with Gasteiger partial charge in [0.05, 0.1) is 4.90 Å². The van der Waals surface area contributed by atoms with Crippen molar-refractivity contribution in [3.63, 3.8) is 0 Å². The van der Waals surface area contributed by atoms with Gasteiger partial charge in [0.2, 0.25) is 10.0 Å². The normalized spacial score (nSPS) is 16.5. The van der Waals surface area contributed by atoms with Gasteiger partial charge in [-0.15, -0.1) is 35.3 Å². The molecule has 3 rings (SSSR count). The van der Waals surface area contributed by atoms with Gasteiger partial charge in [-0.1, -0.05) is 31.5 Å². The molecule has 0 saturated carbocycles. The molecule has 0 radical (unpaired) electrons. The third-order valence-electron chi connectivity index (χ3n) is 5.16. The Labute approximate surface area is 201 Å². The van der Waals surface area contributed by atoms with Crippen molar-refractivity contribution in [2.75, 3.05) is 26.7 Å². The molecule has 1 aromatic carbocycles. The van der Waals surface area contributed by atoms with E-state index in [0.717, 1.165) is 37.3 Å². The number of benzene rings is 1. The van der Waals surface area contributed by atoms with Gasteiger partial charge in [0.25, 0.3) is 0 Å². The van der Waals surface area contributed by atoms with Crippen LogP contribution in [0.1, 0.15) is 42.5 Å². The Morgan fingerprint density at radius 1 is 1.13 bits per heavy atom. The minimum atomic E-state index is -3.38. The Morgan fingerprint density at radius 2 is 1.83 bits per heavy atom. The second kappa shape index (κ2) is 12.0. The fourth-order valence-corrected chi connectivity index (χ4v) is 5.67. The zero-order valence-electron chi connectivity index (χ0n) is 17.5. The molecule has 6 nitrogen and oxygen atoms in total. The molecule has 0 bridgehead atoms. The van der Waals surface area contributed by atoms with Crippen LogP contribution in [0.25, 0.3) is 0 Å². The molecule has 1 fully saturated rings. The first-order valence-corrected chi connectivity index (χ1v) is 12.4. The molecule has 0 amide bonds. The van der Waals surface area contributed by atoms with Gasteiger partial charge in [0.1, 0.15) is 0 Å². The lowest BCUT2D eigenvalue weighted by Gasteiger charge is -2.25. The lowest BCUT2D eigenvalue weighted by molar-refractivity contribution is 0.346. The number of guanidine groups is 1. The van der Waals surface area contributed by atoms with Gasteiger partial charge in [-0.05, 0) is 42.0 Å². The molecule has 0 spiro atoms. The van der Waals surface area contributed by atoms with E-state index in [1.807, 2.05) is 12.1 Å². The summed E-state index contributed by atoms with van der Waals surface area (Å²) in [7, 11) is -1.63. The summed E-state index contributed by atoms with van der Waals surface area (Å²) in [6.45, 7) is 4.81. The molecule has 1 aliphatic heterocycles. The van der Waals surface area contributed by atoms with Crippen LogP contribution in [0.3, 0.4) is 0 Å². The highest BCUT2D eigenvalue weighted by Crippen LogP contribution is 2.21. The molecule has 2 heterocycles. The fraction of sp³-hybridized carbons (Fsp3) is 0.476. The Morgan fingerprint density at radius 3 is 2.43 bits per heavy atom. The maximum absolute atomic E-state index is 12.7. The molecule has 30 heavy (non-hydrogen) atoms. The van der Waals surface area contributed by atoms with Gasteiger partial charge < -0.3 is 10.6 Å². The number of nitrogens with one attached hydrogen (secondary N) is 2. The van der Waals surface area contributed by atoms with Crippen LogP contribution < -0.4 is 10.6 Å². The lowest BCUT2D eigenvalue weighted by Crippen LogP contribution is -2.38. The zero-order chi connectivity index (χ0) is 20.7. The van der Waals surface area contributed by atoms with Crippen LogP contribution in [-0.2, 0) is 16.6 Å². The fourth-order valence-electron chi connectivity index (χ4n) is 3.36. The number of sulfonamides is 1. The number of rotatable bonds is 7. The van der Waals surface area contributed by atoms with Crippen LogP contribution in [0.5, 0.6) is 0 Å². The highest BCUT2D eigenvalue weighted by atomic mass is 127. The van der Waals surface area contributed by atoms with E-state index in [2.05, 4.69) is 40.1 Å². The average Bonchev–Trinajstić information content (AvgIpc) is 3.30. The van der Waals surface area contributed by atoms with E-state index in [-0.39, 0.29) is 24.0 Å². The molecule has 0 aliphatic carbocycles. The van der Waals surface area contributed by atoms with Gasteiger partial charge >= 0.3 is 0 Å². The number of piperidine rings is 1. The molecular weight excluding hydrogens is 531 g/mol. The number of hydrogen-bond acceptors (Lipinski definition) is 4. The van der Waals surface area contributed by atoms with Crippen molar-refractivity contribution in [2.45, 2.75) is 43.5 Å². The highest BCUT2D eigenvalue weighted by Gasteiger charge is 2.25. The number of hydrogen-bond donors (Lipinski definition) is 2. The van der Waals surface area contributed by atoms with Crippen molar-refractivity contribution in [1.29, 1.82) is 0 Å². The third-order valence-corrected chi connectivity index (χ3v) is 8.18. The summed E-state index contributed by atoms with van der Waals surface area (Å²) in [5.41, 5.74) is 1.01. The predicted molar refractivity (Wildman–Crippen MR) is 135 cm³/mol. The minimum absolute atomic E-state index is 0. The summed E-state index contributed by atoms with van der Waals surface area (Å²) in [6, 6.07) is 11.4. The van der Waals surface area contributed by atoms with Crippen LogP contribution in [-0.4, -0.2) is 45.4 Å². The molecule has 9 heteroatoms. The van der Waals surface area contributed by atoms with Crippen molar-refractivity contribution in [3.8, 4) is 0 Å². The summed E-state index contributed by atoms with van der Waals surface area (Å²) in [6.07, 6.45) is 3.00. The lowest BCUT2D eigenvalue weighted by atomic mass is 10.1. The second-order valence-corrected chi connectivity index (χ2v) is 10.2. The van der Waals surface area contributed by atoms with Crippen LogP contribution in [0.15, 0.2) is 51.7 Å². The van der Waals surface area contributed by atoms with Crippen molar-refractivity contribution in [2.24, 2.45) is 4.99 Å². The van der Waals surface area contributed by atoms with Crippen LogP contribution in [0.2, 0.25) is 0 Å². The van der Waals surface area contributed by atoms with Crippen LogP contribution in [0, 0.1) is 0 Å². The first kappa shape index (κ1) is 25.1. The van der Waals surface area contributed by atoms with Gasteiger partial charge in [-0.2, -0.15) is 4.31 Å². The number of halogens is 1. The van der Waals surface area contributed by atoms with E-state index in [9.17, 15) is 8.42 Å². The van der Waals surface area contributed by atoms with E-state index in [1.54, 1.807) is 34.8 Å². The predicted octanol–water partition coefficient (Wildman–Crippen LogP) is 4.01. The second-order valence-electron chi connectivity index (χ2n) is 7.33. The molecule has 2 N–H and O–H groups in total. The van der Waals surface area contributed by atoms with E-state index in [1.165, 1.54) is 4.88 Å². The Kier molecular flexibility index (Phi) is 10.1. The molecule has 166 valence electrons. The monoisotopic (exact) mass is 562 g/mol. The smallest absolute Gasteiger partial charge is 0.243 e. The highest BCUT2D eigenvalue weighted by molar-refractivity contribution is 14.0.